The van der Waals surface area contributed by atoms with Crippen molar-refractivity contribution >= 4 is 14.5 Å². The number of unbranched alkanes of at least 4 members (excludes halogenated alkanes) is 11. The zero-order valence-electron chi connectivity index (χ0n) is 18.9. The van der Waals surface area contributed by atoms with Gasteiger partial charge in [0.15, 0.2) is 0 Å². The predicted octanol–water partition coefficient (Wildman–Crippen LogP) is 4.03. The maximum Gasteiger partial charge on any atom is 0.324 e. The summed E-state index contributed by atoms with van der Waals surface area (Å²) in [5, 5.41) is 17.9. The van der Waals surface area contributed by atoms with E-state index in [9.17, 15) is 4.79 Å². The van der Waals surface area contributed by atoms with Crippen molar-refractivity contribution in [3.05, 3.63) is 12.2 Å². The number of allylic oxidation sites excluding steroid dienone is 2. The van der Waals surface area contributed by atoms with Crippen LogP contribution < -0.4 is 0 Å². The highest BCUT2D eigenvalue weighted by Gasteiger charge is 2.11. The van der Waals surface area contributed by atoms with Crippen molar-refractivity contribution < 1.29 is 29.7 Å². The van der Waals surface area contributed by atoms with Gasteiger partial charge in [-0.05, 0) is 32.1 Å². The fraction of sp³-hybridized carbons (Fsp3) is 0.864. The summed E-state index contributed by atoms with van der Waals surface area (Å²) in [6, 6.07) is 0. The number of rotatable bonds is 19. The van der Waals surface area contributed by atoms with E-state index in [4.69, 9.17) is 24.9 Å². The normalized spacial score (nSPS) is 11.0. The SMILES string of the molecule is CCCCCCCCC=CCCCCCCCC(=O)N(CCO)CCO.OP(O)O. The van der Waals surface area contributed by atoms with Gasteiger partial charge in [-0.2, -0.15) is 0 Å². The van der Waals surface area contributed by atoms with Crippen LogP contribution >= 0.6 is 8.60 Å². The Kier molecular flexibility index (Phi) is 27.9. The van der Waals surface area contributed by atoms with Crippen LogP contribution in [0.1, 0.15) is 96.8 Å². The van der Waals surface area contributed by atoms with Crippen LogP contribution in [0.4, 0.5) is 0 Å². The van der Waals surface area contributed by atoms with Crippen LogP contribution in [0, 0.1) is 0 Å². The number of amides is 1. The molecule has 8 heteroatoms. The Hall–Kier alpha value is -0.560. The van der Waals surface area contributed by atoms with E-state index in [-0.39, 0.29) is 19.1 Å². The van der Waals surface area contributed by atoms with Crippen molar-refractivity contribution in [2.75, 3.05) is 26.3 Å². The molecule has 0 saturated heterocycles. The number of hydrogen-bond donors (Lipinski definition) is 5. The molecule has 0 rings (SSSR count). The molecule has 7 nitrogen and oxygen atoms in total. The number of hydrogen-bond acceptors (Lipinski definition) is 6. The lowest BCUT2D eigenvalue weighted by Crippen LogP contribution is -2.35. The van der Waals surface area contributed by atoms with E-state index in [1.54, 1.807) is 4.90 Å². The van der Waals surface area contributed by atoms with Gasteiger partial charge in [0.1, 0.15) is 0 Å². The minimum absolute atomic E-state index is 0.0435. The molecule has 0 unspecified atom stereocenters. The molecule has 1 amide bonds. The standard InChI is InChI=1S/C22H43NO3.H3O3P/c1-2-3-4-5-6-7-8-9-10-11-12-13-14-15-16-17-22(26)23(18-20-24)19-21-25;1-4(2)3/h9-10,24-25H,2-8,11-21H2,1H3;1-3H. The summed E-state index contributed by atoms with van der Waals surface area (Å²) in [4.78, 5) is 35.2. The van der Waals surface area contributed by atoms with Crippen molar-refractivity contribution in [2.24, 2.45) is 0 Å². The molecule has 30 heavy (non-hydrogen) atoms. The van der Waals surface area contributed by atoms with Gasteiger partial charge < -0.3 is 29.8 Å². The Balaban J connectivity index is 0. The third-order valence-corrected chi connectivity index (χ3v) is 4.74. The zero-order chi connectivity index (χ0) is 22.9. The van der Waals surface area contributed by atoms with Crippen LogP contribution in [0.5, 0.6) is 0 Å². The Morgan fingerprint density at radius 1 is 0.733 bits per heavy atom. The van der Waals surface area contributed by atoms with Crippen molar-refractivity contribution in [3.8, 4) is 0 Å². The summed E-state index contributed by atoms with van der Waals surface area (Å²) in [6.45, 7) is 2.82. The second-order valence-corrected chi connectivity index (χ2v) is 7.97. The summed E-state index contributed by atoms with van der Waals surface area (Å²) < 4.78 is 0. The second kappa shape index (κ2) is 26.5. The van der Waals surface area contributed by atoms with Gasteiger partial charge in [0.2, 0.25) is 5.91 Å². The molecule has 0 fully saturated rings. The van der Waals surface area contributed by atoms with E-state index in [0.717, 1.165) is 12.8 Å². The highest BCUT2D eigenvalue weighted by atomic mass is 31.2. The molecule has 180 valence electrons. The quantitative estimate of drug-likeness (QED) is 0.115. The van der Waals surface area contributed by atoms with Gasteiger partial charge in [-0.15, -0.1) is 0 Å². The third-order valence-electron chi connectivity index (χ3n) is 4.74. The van der Waals surface area contributed by atoms with Crippen molar-refractivity contribution in [2.45, 2.75) is 96.8 Å². The van der Waals surface area contributed by atoms with Crippen LogP contribution in [-0.2, 0) is 4.79 Å². The van der Waals surface area contributed by atoms with Crippen LogP contribution in [0.3, 0.4) is 0 Å². The Morgan fingerprint density at radius 3 is 1.57 bits per heavy atom. The molecule has 0 aromatic rings. The van der Waals surface area contributed by atoms with E-state index < -0.39 is 8.60 Å². The van der Waals surface area contributed by atoms with Crippen LogP contribution in [0.2, 0.25) is 0 Å². The van der Waals surface area contributed by atoms with Gasteiger partial charge in [0.25, 0.3) is 0 Å². The Morgan fingerprint density at radius 2 is 1.13 bits per heavy atom. The van der Waals surface area contributed by atoms with Crippen molar-refractivity contribution in [1.29, 1.82) is 0 Å². The van der Waals surface area contributed by atoms with Gasteiger partial charge in [0, 0.05) is 19.5 Å². The summed E-state index contributed by atoms with van der Waals surface area (Å²) in [7, 11) is -2.62. The molecule has 0 aliphatic carbocycles. The summed E-state index contributed by atoms with van der Waals surface area (Å²) in [5.41, 5.74) is 0. The van der Waals surface area contributed by atoms with Crippen LogP contribution in [0.15, 0.2) is 12.2 Å². The minimum atomic E-state index is -2.62. The van der Waals surface area contributed by atoms with E-state index in [2.05, 4.69) is 19.1 Å². The second-order valence-electron chi connectivity index (χ2n) is 7.43. The molecule has 0 saturated carbocycles. The Labute approximate surface area is 184 Å². The topological polar surface area (TPSA) is 121 Å². The number of carbonyl (C=O) groups is 1. The van der Waals surface area contributed by atoms with Gasteiger partial charge >= 0.3 is 8.60 Å². The number of aliphatic hydroxyl groups is 2. The molecule has 0 atom stereocenters. The zero-order valence-corrected chi connectivity index (χ0v) is 19.8. The first-order valence-corrected chi connectivity index (χ1v) is 12.7. The van der Waals surface area contributed by atoms with E-state index in [0.29, 0.717) is 19.5 Å². The lowest BCUT2D eigenvalue weighted by Gasteiger charge is -2.20. The van der Waals surface area contributed by atoms with Crippen molar-refractivity contribution in [3.63, 3.8) is 0 Å². The first-order chi connectivity index (χ1) is 14.5. The van der Waals surface area contributed by atoms with Crippen molar-refractivity contribution in [1.82, 2.24) is 4.90 Å². The fourth-order valence-electron chi connectivity index (χ4n) is 3.11. The highest BCUT2D eigenvalue weighted by Crippen LogP contribution is 2.12. The van der Waals surface area contributed by atoms with Gasteiger partial charge in [-0.25, -0.2) is 0 Å². The monoisotopic (exact) mass is 451 g/mol. The molecule has 0 aromatic carbocycles. The number of nitrogens with zero attached hydrogens (tertiary/aromatic N) is 1. The maximum atomic E-state index is 12.0. The summed E-state index contributed by atoms with van der Waals surface area (Å²) in [6.07, 6.45) is 21.4. The average Bonchev–Trinajstić information content (AvgIpc) is 2.70. The average molecular weight is 452 g/mol. The van der Waals surface area contributed by atoms with Crippen LogP contribution in [0.25, 0.3) is 0 Å². The molecule has 0 bridgehead atoms. The molecule has 0 spiro atoms. The summed E-state index contributed by atoms with van der Waals surface area (Å²) >= 11 is 0. The van der Waals surface area contributed by atoms with Crippen LogP contribution in [-0.4, -0.2) is 62.0 Å². The molecule has 0 aliphatic heterocycles. The molecule has 0 heterocycles. The lowest BCUT2D eigenvalue weighted by atomic mass is 10.1. The first kappa shape index (κ1) is 31.6. The van der Waals surface area contributed by atoms with E-state index >= 15 is 0 Å². The maximum absolute atomic E-state index is 12.0. The first-order valence-electron chi connectivity index (χ1n) is 11.5. The van der Waals surface area contributed by atoms with E-state index in [1.807, 2.05) is 0 Å². The number of aliphatic hydroxyl groups excluding tert-OH is 2. The predicted molar refractivity (Wildman–Crippen MR) is 124 cm³/mol. The molecule has 0 aromatic heterocycles. The molecular formula is C22H46NO6P. The molecule has 0 aliphatic rings. The lowest BCUT2D eigenvalue weighted by molar-refractivity contribution is -0.132. The van der Waals surface area contributed by atoms with Gasteiger partial charge in [-0.3, -0.25) is 4.79 Å². The minimum Gasteiger partial charge on any atom is -0.395 e. The number of carbonyl (C=O) groups excluding carboxylic acids is 1. The van der Waals surface area contributed by atoms with Gasteiger partial charge in [-0.1, -0.05) is 70.4 Å². The van der Waals surface area contributed by atoms with Gasteiger partial charge in [0.05, 0.1) is 13.2 Å². The third kappa shape index (κ3) is 27.4. The largest absolute Gasteiger partial charge is 0.395 e. The highest BCUT2D eigenvalue weighted by molar-refractivity contribution is 7.38. The molecule has 0 radical (unpaired) electrons. The molecular weight excluding hydrogens is 405 g/mol. The smallest absolute Gasteiger partial charge is 0.324 e. The van der Waals surface area contributed by atoms with E-state index in [1.165, 1.54) is 70.6 Å². The summed E-state index contributed by atoms with van der Waals surface area (Å²) in [5.74, 6) is 0.0470. The Bertz CT molecular complexity index is 374. The molecule has 5 N–H and O–H groups in total. The fourth-order valence-corrected chi connectivity index (χ4v) is 3.11.